The van der Waals surface area contributed by atoms with Crippen LogP contribution in [0.2, 0.25) is 0 Å². The van der Waals surface area contributed by atoms with E-state index in [0.717, 1.165) is 49.7 Å². The van der Waals surface area contributed by atoms with Crippen molar-refractivity contribution in [1.29, 1.82) is 0 Å². The van der Waals surface area contributed by atoms with E-state index in [4.69, 9.17) is 4.98 Å². The molecule has 0 unspecified atom stereocenters. The fraction of sp³-hybridized carbons (Fsp3) is 0.381. The van der Waals surface area contributed by atoms with Gasteiger partial charge in [-0.15, -0.1) is 0 Å². The third kappa shape index (κ3) is 3.24. The van der Waals surface area contributed by atoms with E-state index in [1.165, 1.54) is 38.0 Å². The molecule has 0 saturated carbocycles. The standard InChI is InChI=1S/C21H22Br2N2/c1-2-13-3-5-17-18(20(13)23)6-4-15-11-16(22)12-25-21(15)19(17)14-7-9-24-10-8-14/h3,5,11-12,24H,2,4,6-10H2,1H3. The van der Waals surface area contributed by atoms with Gasteiger partial charge >= 0.3 is 0 Å². The van der Waals surface area contributed by atoms with Crippen LogP contribution in [-0.4, -0.2) is 18.1 Å². The van der Waals surface area contributed by atoms with Gasteiger partial charge in [0.2, 0.25) is 0 Å². The van der Waals surface area contributed by atoms with E-state index in [1.807, 2.05) is 6.20 Å². The molecular formula is C21H22Br2N2. The van der Waals surface area contributed by atoms with Gasteiger partial charge in [0.05, 0.1) is 5.69 Å². The molecule has 0 spiro atoms. The lowest BCUT2D eigenvalue weighted by Crippen LogP contribution is -2.24. The highest BCUT2D eigenvalue weighted by molar-refractivity contribution is 9.10. The minimum atomic E-state index is 1.04. The molecule has 0 bridgehead atoms. The Labute approximate surface area is 166 Å². The van der Waals surface area contributed by atoms with Crippen LogP contribution in [0.5, 0.6) is 0 Å². The van der Waals surface area contributed by atoms with Crippen molar-refractivity contribution >= 4 is 37.4 Å². The van der Waals surface area contributed by atoms with Crippen molar-refractivity contribution in [2.45, 2.75) is 39.0 Å². The molecule has 0 amide bonds. The number of nitrogens with one attached hydrogen (secondary N) is 1. The number of aryl methyl sites for hydroxylation is 2. The lowest BCUT2D eigenvalue weighted by atomic mass is 9.88. The van der Waals surface area contributed by atoms with E-state index >= 15 is 0 Å². The normalized spacial score (nSPS) is 17.1. The second-order valence-corrected chi connectivity index (χ2v) is 8.52. The van der Waals surface area contributed by atoms with Gasteiger partial charge in [-0.05, 0) is 89.4 Å². The van der Waals surface area contributed by atoms with Gasteiger partial charge < -0.3 is 5.32 Å². The molecule has 1 N–H and O–H groups in total. The van der Waals surface area contributed by atoms with Crippen LogP contribution in [0.4, 0.5) is 0 Å². The third-order valence-electron chi connectivity index (χ3n) is 5.35. The number of aromatic nitrogens is 1. The summed E-state index contributed by atoms with van der Waals surface area (Å²) in [6.45, 7) is 4.35. The van der Waals surface area contributed by atoms with E-state index in [0.29, 0.717) is 0 Å². The van der Waals surface area contributed by atoms with E-state index in [-0.39, 0.29) is 0 Å². The van der Waals surface area contributed by atoms with Crippen molar-refractivity contribution in [3.8, 4) is 0 Å². The van der Waals surface area contributed by atoms with Gasteiger partial charge in [0, 0.05) is 20.7 Å². The Balaban J connectivity index is 1.99. The summed E-state index contributed by atoms with van der Waals surface area (Å²) in [4.78, 5) is 4.87. The fourth-order valence-electron chi connectivity index (χ4n) is 4.04. The first-order valence-corrected chi connectivity index (χ1v) is 10.7. The molecule has 4 rings (SSSR count). The topological polar surface area (TPSA) is 24.9 Å². The number of rotatable bonds is 1. The van der Waals surface area contributed by atoms with Crippen LogP contribution in [0.15, 0.2) is 38.9 Å². The van der Waals surface area contributed by atoms with Crippen molar-refractivity contribution in [2.24, 2.45) is 0 Å². The minimum Gasteiger partial charge on any atom is -0.316 e. The number of piperidine rings is 1. The maximum atomic E-state index is 4.87. The summed E-state index contributed by atoms with van der Waals surface area (Å²) in [6, 6.07) is 6.88. The van der Waals surface area contributed by atoms with Crippen molar-refractivity contribution < 1.29 is 0 Å². The van der Waals surface area contributed by atoms with Crippen LogP contribution < -0.4 is 5.32 Å². The van der Waals surface area contributed by atoms with Gasteiger partial charge in [-0.2, -0.15) is 0 Å². The van der Waals surface area contributed by atoms with Gasteiger partial charge in [-0.3, -0.25) is 4.98 Å². The molecule has 1 fully saturated rings. The molecule has 2 nitrogen and oxygen atoms in total. The van der Waals surface area contributed by atoms with E-state index in [2.05, 4.69) is 62.3 Å². The number of nitrogens with zero attached hydrogens (tertiary/aromatic N) is 1. The molecule has 2 aliphatic rings. The van der Waals surface area contributed by atoms with Crippen LogP contribution in [0.3, 0.4) is 0 Å². The molecule has 25 heavy (non-hydrogen) atoms. The summed E-state index contributed by atoms with van der Waals surface area (Å²) in [7, 11) is 0. The van der Waals surface area contributed by atoms with Crippen molar-refractivity contribution in [2.75, 3.05) is 13.1 Å². The van der Waals surface area contributed by atoms with Gasteiger partial charge in [-0.1, -0.05) is 40.6 Å². The third-order valence-corrected chi connectivity index (χ3v) is 6.77. The fourth-order valence-corrected chi connectivity index (χ4v) is 5.25. The summed E-state index contributed by atoms with van der Waals surface area (Å²) >= 11 is 7.51. The van der Waals surface area contributed by atoms with Crippen LogP contribution in [0.1, 0.15) is 47.7 Å². The molecule has 1 saturated heterocycles. The molecular weight excluding hydrogens is 440 g/mol. The molecule has 2 aromatic rings. The van der Waals surface area contributed by atoms with Gasteiger partial charge in [0.15, 0.2) is 0 Å². The maximum Gasteiger partial charge on any atom is 0.0740 e. The minimum absolute atomic E-state index is 1.04. The van der Waals surface area contributed by atoms with Crippen LogP contribution >= 0.6 is 31.9 Å². The molecule has 0 atom stereocenters. The lowest BCUT2D eigenvalue weighted by Gasteiger charge is -2.22. The summed E-state index contributed by atoms with van der Waals surface area (Å²) < 4.78 is 2.37. The lowest BCUT2D eigenvalue weighted by molar-refractivity contribution is 0.611. The average molecular weight is 462 g/mol. The first kappa shape index (κ1) is 17.4. The largest absolute Gasteiger partial charge is 0.316 e. The zero-order valence-corrected chi connectivity index (χ0v) is 17.6. The monoisotopic (exact) mass is 460 g/mol. The van der Waals surface area contributed by atoms with Gasteiger partial charge in [0.25, 0.3) is 0 Å². The zero-order valence-electron chi connectivity index (χ0n) is 14.5. The Morgan fingerprint density at radius 1 is 1.08 bits per heavy atom. The highest BCUT2D eigenvalue weighted by Crippen LogP contribution is 2.40. The number of benzene rings is 1. The first-order valence-electron chi connectivity index (χ1n) is 9.07. The Kier molecular flexibility index (Phi) is 5.12. The predicted octanol–water partition coefficient (Wildman–Crippen LogP) is 5.45. The summed E-state index contributed by atoms with van der Waals surface area (Å²) in [5.74, 6) is 0. The highest BCUT2D eigenvalue weighted by atomic mass is 79.9. The molecule has 1 aliphatic heterocycles. The van der Waals surface area contributed by atoms with E-state index in [1.54, 1.807) is 5.57 Å². The summed E-state index contributed by atoms with van der Waals surface area (Å²) in [5, 5.41) is 3.48. The van der Waals surface area contributed by atoms with Crippen molar-refractivity contribution in [3.63, 3.8) is 0 Å². The smallest absolute Gasteiger partial charge is 0.0740 e. The quantitative estimate of drug-likeness (QED) is 0.610. The SMILES string of the molecule is CCc1ccc2c(c1Br)CCc1cc(Br)cnc1C2=C1CCNCC1. The zero-order chi connectivity index (χ0) is 17.4. The number of hydrogen-bond donors (Lipinski definition) is 1. The summed E-state index contributed by atoms with van der Waals surface area (Å²) in [5.41, 5.74) is 9.72. The molecule has 1 aromatic carbocycles. The van der Waals surface area contributed by atoms with Crippen LogP contribution in [-0.2, 0) is 19.3 Å². The Hall–Kier alpha value is -0.970. The molecule has 4 heteroatoms. The maximum absolute atomic E-state index is 4.87. The van der Waals surface area contributed by atoms with Crippen LogP contribution in [0.25, 0.3) is 5.57 Å². The number of hydrogen-bond acceptors (Lipinski definition) is 2. The Morgan fingerprint density at radius 2 is 1.88 bits per heavy atom. The van der Waals surface area contributed by atoms with Crippen molar-refractivity contribution in [3.05, 3.63) is 66.9 Å². The average Bonchev–Trinajstić information content (AvgIpc) is 2.79. The number of pyridine rings is 1. The second-order valence-electron chi connectivity index (χ2n) is 6.81. The highest BCUT2D eigenvalue weighted by Gasteiger charge is 2.25. The molecule has 130 valence electrons. The Bertz CT molecular complexity index is 847. The first-order chi connectivity index (χ1) is 12.2. The van der Waals surface area contributed by atoms with E-state index in [9.17, 15) is 0 Å². The van der Waals surface area contributed by atoms with Crippen LogP contribution in [0, 0.1) is 0 Å². The second kappa shape index (κ2) is 7.34. The summed E-state index contributed by atoms with van der Waals surface area (Å²) in [6.07, 6.45) is 7.32. The van der Waals surface area contributed by atoms with Crippen molar-refractivity contribution in [1.82, 2.24) is 10.3 Å². The van der Waals surface area contributed by atoms with E-state index < -0.39 is 0 Å². The molecule has 1 aliphatic carbocycles. The molecule has 1 aromatic heterocycles. The van der Waals surface area contributed by atoms with Gasteiger partial charge in [0.1, 0.15) is 0 Å². The predicted molar refractivity (Wildman–Crippen MR) is 111 cm³/mol. The molecule has 0 radical (unpaired) electrons. The Morgan fingerprint density at radius 3 is 2.64 bits per heavy atom. The molecule has 2 heterocycles. The van der Waals surface area contributed by atoms with Gasteiger partial charge in [-0.25, -0.2) is 0 Å². The number of fused-ring (bicyclic) bond motifs is 2. The number of halogens is 2.